The lowest BCUT2D eigenvalue weighted by Crippen LogP contribution is -1.99. The fourth-order valence-corrected chi connectivity index (χ4v) is 0.935. The Labute approximate surface area is 54.5 Å². The van der Waals surface area contributed by atoms with Crippen LogP contribution in [0, 0.1) is 6.92 Å². The Morgan fingerprint density at radius 3 is 2.56 bits per heavy atom. The summed E-state index contributed by atoms with van der Waals surface area (Å²) in [6.07, 6.45) is 3.80. The lowest BCUT2D eigenvalue weighted by Gasteiger charge is -1.68. The molecule has 0 saturated heterocycles. The minimum atomic E-state index is -0.441. The molecule has 1 rings (SSSR count). The molecule has 0 saturated carbocycles. The highest BCUT2D eigenvalue weighted by Crippen LogP contribution is 2.08. The molecular weight excluding hydrogens is 135 g/mol. The second-order valence-electron chi connectivity index (χ2n) is 1.81. The molecule has 9 heavy (non-hydrogen) atoms. The number of nitrogens with zero attached hydrogens (tertiary/aromatic N) is 2. The molecule has 0 radical (unpaired) electrons. The molecule has 0 fully saturated rings. The second kappa shape index (κ2) is 2.28. The van der Waals surface area contributed by atoms with E-state index < -0.39 is 7.55 Å². The molecular formula is C5H8N2OP+. The third-order valence-electron chi connectivity index (χ3n) is 0.858. The largest absolute Gasteiger partial charge is 0.369 e. The summed E-state index contributed by atoms with van der Waals surface area (Å²) in [6.45, 7) is 3.76. The van der Waals surface area contributed by atoms with Crippen LogP contribution in [0.1, 0.15) is 5.89 Å². The van der Waals surface area contributed by atoms with Gasteiger partial charge in [0, 0.05) is 6.92 Å². The van der Waals surface area contributed by atoms with Gasteiger partial charge in [0.1, 0.15) is 6.66 Å². The molecule has 1 unspecified atom stereocenters. The Bertz CT molecular complexity index is 231. The maximum atomic E-state index is 4.74. The van der Waals surface area contributed by atoms with Crippen LogP contribution in [-0.2, 0) is 0 Å². The van der Waals surface area contributed by atoms with Crippen LogP contribution in [0.15, 0.2) is 4.52 Å². The van der Waals surface area contributed by atoms with Crippen molar-refractivity contribution in [2.75, 3.05) is 6.66 Å². The summed E-state index contributed by atoms with van der Waals surface area (Å²) in [4.78, 5) is 4.00. The van der Waals surface area contributed by atoms with Gasteiger partial charge < -0.3 is 4.52 Å². The van der Waals surface area contributed by atoms with Gasteiger partial charge in [0.05, 0.1) is 6.30 Å². The molecule has 0 aromatic carbocycles. The summed E-state index contributed by atoms with van der Waals surface area (Å²) in [5.74, 6) is 0.614. The Kier molecular flexibility index (Phi) is 1.63. The van der Waals surface area contributed by atoms with Crippen LogP contribution < -0.4 is 5.57 Å². The van der Waals surface area contributed by atoms with Crippen molar-refractivity contribution in [2.24, 2.45) is 0 Å². The van der Waals surface area contributed by atoms with E-state index in [1.807, 2.05) is 6.66 Å². The average Bonchev–Trinajstić information content (AvgIpc) is 2.14. The van der Waals surface area contributed by atoms with Gasteiger partial charge in [-0.15, -0.1) is 0 Å². The first-order valence-corrected chi connectivity index (χ1v) is 4.52. The molecule has 0 amide bonds. The molecule has 0 N–H and O–H groups in total. The minimum absolute atomic E-state index is 0.441. The molecule has 0 aliphatic heterocycles. The van der Waals surface area contributed by atoms with E-state index in [4.69, 9.17) is 4.52 Å². The summed E-state index contributed by atoms with van der Waals surface area (Å²) in [6, 6.07) is 0. The summed E-state index contributed by atoms with van der Waals surface area (Å²) in [5, 5.41) is 3.70. The zero-order chi connectivity index (χ0) is 6.85. The molecule has 0 aliphatic carbocycles. The van der Waals surface area contributed by atoms with Crippen molar-refractivity contribution in [1.29, 1.82) is 0 Å². The van der Waals surface area contributed by atoms with Gasteiger partial charge in [-0.2, -0.15) is 4.98 Å². The van der Waals surface area contributed by atoms with Crippen molar-refractivity contribution >= 4 is 19.4 Å². The smallest absolute Gasteiger partial charge is 0.336 e. The van der Waals surface area contributed by atoms with Crippen molar-refractivity contribution in [3.8, 4) is 0 Å². The van der Waals surface area contributed by atoms with Crippen molar-refractivity contribution in [2.45, 2.75) is 6.92 Å². The predicted octanol–water partition coefficient (Wildman–Crippen LogP) is 0.547. The average molecular weight is 143 g/mol. The molecule has 3 nitrogen and oxygen atoms in total. The van der Waals surface area contributed by atoms with E-state index in [1.165, 1.54) is 0 Å². The van der Waals surface area contributed by atoms with Crippen molar-refractivity contribution in [1.82, 2.24) is 10.1 Å². The van der Waals surface area contributed by atoms with Crippen LogP contribution in [-0.4, -0.2) is 23.1 Å². The van der Waals surface area contributed by atoms with Gasteiger partial charge >= 0.3 is 5.57 Å². The first-order valence-electron chi connectivity index (χ1n) is 2.54. The lowest BCUT2D eigenvalue weighted by molar-refractivity contribution is 0.396. The topological polar surface area (TPSA) is 38.9 Å². The maximum absolute atomic E-state index is 4.74. The van der Waals surface area contributed by atoms with Crippen molar-refractivity contribution in [3.63, 3.8) is 0 Å². The maximum Gasteiger partial charge on any atom is 0.369 e. The Balaban J connectivity index is 2.98. The zero-order valence-electron chi connectivity index (χ0n) is 5.46. The predicted molar refractivity (Wildman–Crippen MR) is 38.6 cm³/mol. The van der Waals surface area contributed by atoms with Crippen LogP contribution in [0.25, 0.3) is 0 Å². The highest BCUT2D eigenvalue weighted by Gasteiger charge is 2.10. The van der Waals surface area contributed by atoms with E-state index in [0.29, 0.717) is 5.89 Å². The third-order valence-corrected chi connectivity index (χ3v) is 1.72. The van der Waals surface area contributed by atoms with Crippen LogP contribution in [0.5, 0.6) is 0 Å². The van der Waals surface area contributed by atoms with Crippen LogP contribution in [0.3, 0.4) is 0 Å². The molecule has 1 aromatic heterocycles. The highest BCUT2D eigenvalue weighted by molar-refractivity contribution is 7.62. The summed E-state index contributed by atoms with van der Waals surface area (Å²) in [7, 11) is -0.441. The second-order valence-corrected chi connectivity index (χ2v) is 3.61. The van der Waals surface area contributed by atoms with Gasteiger partial charge in [-0.05, 0) is 5.16 Å². The molecule has 48 valence electrons. The van der Waals surface area contributed by atoms with E-state index in [9.17, 15) is 0 Å². The number of hydrogen-bond acceptors (Lipinski definition) is 3. The van der Waals surface area contributed by atoms with Crippen LogP contribution in [0.4, 0.5) is 0 Å². The van der Waals surface area contributed by atoms with Gasteiger partial charge in [0.25, 0.3) is 0 Å². The minimum Gasteiger partial charge on any atom is -0.336 e. The van der Waals surface area contributed by atoms with E-state index in [-0.39, 0.29) is 0 Å². The molecule has 4 heteroatoms. The first kappa shape index (κ1) is 6.43. The quantitative estimate of drug-likeness (QED) is 0.539. The molecule has 1 atom stereocenters. The fourth-order valence-electron chi connectivity index (χ4n) is 0.444. The Morgan fingerprint density at radius 1 is 1.67 bits per heavy atom. The molecule has 0 aliphatic rings. The number of rotatable bonds is 1. The number of aromatic nitrogens is 2. The SMILES string of the molecule is C=[P+](C)c1noc(C)n1. The van der Waals surface area contributed by atoms with Gasteiger partial charge in [-0.25, -0.2) is 0 Å². The summed E-state index contributed by atoms with van der Waals surface area (Å²) in [5.41, 5.74) is 0.738. The van der Waals surface area contributed by atoms with E-state index >= 15 is 0 Å². The lowest BCUT2D eigenvalue weighted by atomic mass is 10.8. The van der Waals surface area contributed by atoms with Gasteiger partial charge in [0.2, 0.25) is 5.89 Å². The van der Waals surface area contributed by atoms with Gasteiger partial charge in [-0.1, -0.05) is 0 Å². The first-order chi connectivity index (χ1) is 4.20. The number of aryl methyl sites for hydroxylation is 1. The molecule has 0 spiro atoms. The number of hydrogen-bond donors (Lipinski definition) is 0. The summed E-state index contributed by atoms with van der Waals surface area (Å²) >= 11 is 0. The highest BCUT2D eigenvalue weighted by atomic mass is 31.1. The van der Waals surface area contributed by atoms with Crippen molar-refractivity contribution in [3.05, 3.63) is 5.89 Å². The van der Waals surface area contributed by atoms with E-state index in [1.54, 1.807) is 6.92 Å². The zero-order valence-corrected chi connectivity index (χ0v) is 6.35. The van der Waals surface area contributed by atoms with Crippen molar-refractivity contribution < 1.29 is 4.52 Å². The van der Waals surface area contributed by atoms with Gasteiger partial charge in [-0.3, -0.25) is 0 Å². The van der Waals surface area contributed by atoms with Crippen LogP contribution in [0.2, 0.25) is 0 Å². The molecule has 0 bridgehead atoms. The molecule has 1 heterocycles. The monoisotopic (exact) mass is 143 g/mol. The van der Waals surface area contributed by atoms with Gasteiger partial charge in [0.15, 0.2) is 7.55 Å². The van der Waals surface area contributed by atoms with E-state index in [2.05, 4.69) is 16.4 Å². The molecule has 1 aromatic rings. The summed E-state index contributed by atoms with van der Waals surface area (Å²) < 4.78 is 4.74. The Morgan fingerprint density at radius 2 is 2.33 bits per heavy atom. The van der Waals surface area contributed by atoms with E-state index in [0.717, 1.165) is 5.57 Å². The Hall–Kier alpha value is -0.690. The standard InChI is InChI=1S/C5H8N2OP/c1-4-6-5(7-8-4)9(2)3/h2H2,1,3H3/q+1. The van der Waals surface area contributed by atoms with Crippen LogP contribution >= 0.6 is 7.55 Å². The fraction of sp³-hybridized carbons (Fsp3) is 0.400. The normalized spacial score (nSPS) is 11.6. The third kappa shape index (κ3) is 1.36.